The smallest absolute Gasteiger partial charge is 0.247 e. The van der Waals surface area contributed by atoms with Crippen molar-refractivity contribution in [2.24, 2.45) is 5.73 Å². The van der Waals surface area contributed by atoms with Gasteiger partial charge in [-0.1, -0.05) is 109 Å². The molecule has 10 rings (SSSR count). The van der Waals surface area contributed by atoms with Crippen LogP contribution in [-0.4, -0.2) is 248 Å². The zero-order valence-corrected chi connectivity index (χ0v) is 56.3. The molecule has 6 aliphatic rings. The quantitative estimate of drug-likeness (QED) is 0.120. The lowest BCUT2D eigenvalue weighted by atomic mass is 9.88. The van der Waals surface area contributed by atoms with Gasteiger partial charge in [-0.05, 0) is 145 Å². The number of benzene rings is 4. The molecule has 6 unspecified atom stereocenters. The normalized spacial score (nSPS) is 21.8. The molecule has 17 heteroatoms. The van der Waals surface area contributed by atoms with Crippen LogP contribution in [0.5, 0.6) is 0 Å². The highest BCUT2D eigenvalue weighted by Gasteiger charge is 2.42. The molecule has 16 nitrogen and oxygen atoms in total. The number of amides is 4. The van der Waals surface area contributed by atoms with Crippen LogP contribution in [0.4, 0.5) is 4.39 Å². The van der Waals surface area contributed by atoms with Crippen LogP contribution in [0.15, 0.2) is 115 Å². The SMILES string of the molecule is CC(C)N1CCN(C(=O)C(C)(c2ccccc2)N(C)C)CC1.CC(C)N1CCN(C(=O)C(N)c2ccccc2F)CC1.CC(C)N1CCN(C(=O)C(c2ccccc2)C2CCCN2)CC1.CC(C)N1CCN(C(=O)C(c2ccccc2)C2CCCN2C)CC1. The van der Waals surface area contributed by atoms with Crippen LogP contribution in [0.2, 0.25) is 0 Å². The summed E-state index contributed by atoms with van der Waals surface area (Å²) in [5.41, 5.74) is 8.96. The first-order valence-corrected chi connectivity index (χ1v) is 33.5. The second-order valence-electron chi connectivity index (χ2n) is 26.8. The van der Waals surface area contributed by atoms with Gasteiger partial charge in [0.2, 0.25) is 23.6 Å². The van der Waals surface area contributed by atoms with E-state index in [1.165, 1.54) is 24.5 Å². The summed E-state index contributed by atoms with van der Waals surface area (Å²) in [5.74, 6) is 0.149. The van der Waals surface area contributed by atoms with Crippen molar-refractivity contribution in [1.29, 1.82) is 0 Å². The maximum absolute atomic E-state index is 13.7. The van der Waals surface area contributed by atoms with Crippen molar-refractivity contribution in [3.63, 3.8) is 0 Å². The third kappa shape index (κ3) is 18.8. The lowest BCUT2D eigenvalue weighted by Gasteiger charge is -2.43. The summed E-state index contributed by atoms with van der Waals surface area (Å²) in [6.07, 6.45) is 4.58. The second-order valence-corrected chi connectivity index (χ2v) is 26.8. The van der Waals surface area contributed by atoms with E-state index >= 15 is 0 Å². The molecule has 6 atom stereocenters. The number of likely N-dealkylation sites (tertiary alicyclic amines) is 1. The minimum absolute atomic E-state index is 0.0238. The molecule has 6 fully saturated rings. The molecule has 6 aliphatic heterocycles. The Bertz CT molecular complexity index is 2760. The summed E-state index contributed by atoms with van der Waals surface area (Å²) in [6.45, 7) is 35.7. The van der Waals surface area contributed by atoms with Gasteiger partial charge in [-0.3, -0.25) is 43.7 Å². The topological polar surface area (TPSA) is 139 Å². The second kappa shape index (κ2) is 34.2. The Balaban J connectivity index is 0.000000169. The number of carbonyl (C=O) groups excluding carboxylic acids is 4. The Morgan fingerprint density at radius 3 is 1.26 bits per heavy atom. The molecule has 0 bridgehead atoms. The molecule has 3 N–H and O–H groups in total. The van der Waals surface area contributed by atoms with E-state index in [-0.39, 0.29) is 35.3 Å². The van der Waals surface area contributed by atoms with Crippen molar-refractivity contribution in [3.8, 4) is 0 Å². The standard InChI is InChI=1S/C20H31N3O.C19H29N3O.C18H29N3O.C15H22FN3O/c1-16(2)22-12-14-23(15-13-22)20(24)19(17-8-5-4-6-9-17)18-10-7-11-21(18)3;1-15(2)21-11-13-22(14-12-21)19(23)18(17-9-6-10-20-17)16-7-4-3-5-8-16;1-15(2)20-11-13-21(14-12-20)17(22)18(3,19(4)5)16-9-7-6-8-10-16;1-11(2)18-7-9-19(10-8-18)15(20)14(17)12-5-3-4-6-13(12)16/h4-6,8-9,16,18-19H,7,10-15H2,1-3H3;3-5,7-8,15,17-18,20H,6,9-14H2,1-2H3;6-10,15H,11-14H2,1-5H3;3-6,11,14H,7-10,17H2,1-2H3. The van der Waals surface area contributed by atoms with Crippen LogP contribution in [0.25, 0.3) is 0 Å². The van der Waals surface area contributed by atoms with Gasteiger partial charge >= 0.3 is 0 Å². The first-order valence-electron chi connectivity index (χ1n) is 33.5. The van der Waals surface area contributed by atoms with Crippen LogP contribution in [-0.2, 0) is 24.7 Å². The summed E-state index contributed by atoms with van der Waals surface area (Å²) in [5, 5.41) is 3.54. The van der Waals surface area contributed by atoms with Crippen LogP contribution in [0.1, 0.15) is 128 Å². The fourth-order valence-corrected chi connectivity index (χ4v) is 13.7. The van der Waals surface area contributed by atoms with E-state index < -0.39 is 17.4 Å². The Hall–Kier alpha value is -5.63. The van der Waals surface area contributed by atoms with Crippen LogP contribution in [0.3, 0.4) is 0 Å². The van der Waals surface area contributed by atoms with Gasteiger partial charge < -0.3 is 35.6 Å². The van der Waals surface area contributed by atoms with E-state index in [0.29, 0.717) is 55.1 Å². The van der Waals surface area contributed by atoms with Crippen molar-refractivity contribution in [3.05, 3.63) is 143 Å². The molecular formula is C72H111FN12O4. The molecule has 0 spiro atoms. The molecule has 4 aromatic rings. The van der Waals surface area contributed by atoms with E-state index in [1.54, 1.807) is 23.1 Å². The maximum Gasteiger partial charge on any atom is 0.247 e. The molecule has 0 aromatic heterocycles. The number of carbonyl (C=O) groups is 4. The molecule has 0 aliphatic carbocycles. The van der Waals surface area contributed by atoms with Crippen LogP contribution < -0.4 is 11.1 Å². The zero-order valence-electron chi connectivity index (χ0n) is 56.3. The van der Waals surface area contributed by atoms with E-state index in [1.807, 2.05) is 85.4 Å². The number of nitrogens with zero attached hydrogens (tertiary/aromatic N) is 10. The van der Waals surface area contributed by atoms with Crippen molar-refractivity contribution < 1.29 is 23.6 Å². The van der Waals surface area contributed by atoms with E-state index in [9.17, 15) is 23.6 Å². The molecule has 4 aromatic carbocycles. The summed E-state index contributed by atoms with van der Waals surface area (Å²) in [7, 11) is 6.13. The van der Waals surface area contributed by atoms with Gasteiger partial charge in [0.1, 0.15) is 17.4 Å². The van der Waals surface area contributed by atoms with Gasteiger partial charge in [0.25, 0.3) is 0 Å². The van der Waals surface area contributed by atoms with Gasteiger partial charge in [0.05, 0.1) is 11.8 Å². The highest BCUT2D eigenvalue weighted by Crippen LogP contribution is 2.34. The maximum atomic E-state index is 13.7. The summed E-state index contributed by atoms with van der Waals surface area (Å²) < 4.78 is 13.7. The Morgan fingerprint density at radius 2 is 0.876 bits per heavy atom. The zero-order chi connectivity index (χ0) is 64.4. The number of nitrogens with two attached hydrogens (primary N) is 1. The highest BCUT2D eigenvalue weighted by atomic mass is 19.1. The van der Waals surface area contributed by atoms with Crippen molar-refractivity contribution in [2.75, 3.05) is 139 Å². The summed E-state index contributed by atoms with van der Waals surface area (Å²) in [4.78, 5) is 74.2. The van der Waals surface area contributed by atoms with Gasteiger partial charge in [0, 0.05) is 147 Å². The van der Waals surface area contributed by atoms with Gasteiger partial charge in [0.15, 0.2) is 0 Å². The largest absolute Gasteiger partial charge is 0.340 e. The van der Waals surface area contributed by atoms with Crippen molar-refractivity contribution >= 4 is 23.6 Å². The lowest BCUT2D eigenvalue weighted by Crippen LogP contribution is -2.58. The third-order valence-corrected chi connectivity index (χ3v) is 19.9. The summed E-state index contributed by atoms with van der Waals surface area (Å²) in [6, 6.07) is 38.8. The molecule has 6 heterocycles. The fraction of sp³-hybridized carbons (Fsp3) is 0.611. The number of piperazine rings is 4. The highest BCUT2D eigenvalue weighted by molar-refractivity contribution is 5.88. The number of likely N-dealkylation sites (N-methyl/N-ethyl adjacent to an activating group) is 2. The summed E-state index contributed by atoms with van der Waals surface area (Å²) >= 11 is 0. The number of nitrogens with one attached hydrogen (secondary N) is 1. The Labute approximate surface area is 534 Å². The molecule has 490 valence electrons. The molecule has 4 amide bonds. The van der Waals surface area contributed by atoms with Crippen LogP contribution in [0, 0.1) is 5.82 Å². The van der Waals surface area contributed by atoms with E-state index in [4.69, 9.17) is 5.73 Å². The van der Waals surface area contributed by atoms with Crippen molar-refractivity contribution in [2.45, 2.75) is 148 Å². The molecule has 0 radical (unpaired) electrons. The van der Waals surface area contributed by atoms with E-state index in [2.05, 4.69) is 138 Å². The fourth-order valence-electron chi connectivity index (χ4n) is 13.7. The van der Waals surface area contributed by atoms with Gasteiger partial charge in [-0.15, -0.1) is 0 Å². The predicted octanol–water partition coefficient (Wildman–Crippen LogP) is 7.89. The third-order valence-electron chi connectivity index (χ3n) is 19.9. The molecule has 89 heavy (non-hydrogen) atoms. The number of hydrogen-bond acceptors (Lipinski definition) is 12. The minimum Gasteiger partial charge on any atom is -0.340 e. The molecule has 0 saturated carbocycles. The van der Waals surface area contributed by atoms with Crippen molar-refractivity contribution in [1.82, 2.24) is 54.3 Å². The monoisotopic (exact) mass is 1230 g/mol. The lowest BCUT2D eigenvalue weighted by molar-refractivity contribution is -0.145. The predicted molar refractivity (Wildman–Crippen MR) is 359 cm³/mol. The first-order chi connectivity index (χ1) is 42.6. The Morgan fingerprint density at radius 1 is 0.494 bits per heavy atom. The Kier molecular flexibility index (Phi) is 27.2. The first kappa shape index (κ1) is 70.8. The average Bonchev–Trinajstić information content (AvgIpc) is 4.14. The van der Waals surface area contributed by atoms with Gasteiger partial charge in [-0.25, -0.2) is 4.39 Å². The van der Waals surface area contributed by atoms with Gasteiger partial charge in [-0.2, -0.15) is 0 Å². The minimum atomic E-state index is -0.915. The number of halogens is 1. The average molecular weight is 1230 g/mol. The van der Waals surface area contributed by atoms with E-state index in [0.717, 1.165) is 129 Å². The number of rotatable bonds is 15. The van der Waals surface area contributed by atoms with Crippen LogP contribution >= 0.6 is 0 Å². The molecular weight excluding hydrogens is 1120 g/mol. The molecule has 6 saturated heterocycles. The number of hydrogen-bond donors (Lipinski definition) is 2.